The first-order valence-corrected chi connectivity index (χ1v) is 7.34. The molecule has 0 fully saturated rings. The number of ketones is 2. The number of Topliss-reactive ketones (excluding diaryl/α,β-unsaturated/α-hetero) is 2. The summed E-state index contributed by atoms with van der Waals surface area (Å²) in [6.07, 6.45) is 0.0605. The largest absolute Gasteiger partial charge is 0.298 e. The minimum absolute atomic E-state index is 0.0126. The Morgan fingerprint density at radius 3 is 1.83 bits per heavy atom. The van der Waals surface area contributed by atoms with Crippen LogP contribution >= 0.6 is 0 Å². The van der Waals surface area contributed by atoms with Gasteiger partial charge in [-0.15, -0.1) is 0 Å². The molecule has 5 heteroatoms. The average Bonchev–Trinajstić information content (AvgIpc) is 2.39. The van der Waals surface area contributed by atoms with Gasteiger partial charge in [-0.1, -0.05) is 32.0 Å². The van der Waals surface area contributed by atoms with E-state index < -0.39 is 26.7 Å². The van der Waals surface area contributed by atoms with E-state index in [0.29, 0.717) is 0 Å². The first-order valence-electron chi connectivity index (χ1n) is 5.79. The maximum absolute atomic E-state index is 12.3. The van der Waals surface area contributed by atoms with Gasteiger partial charge >= 0.3 is 0 Å². The maximum Gasteiger partial charge on any atom is 0.195 e. The van der Waals surface area contributed by atoms with Crippen molar-refractivity contribution in [3.05, 3.63) is 30.3 Å². The second kappa shape index (κ2) is 5.91. The quantitative estimate of drug-likeness (QED) is 0.738. The molecule has 0 spiro atoms. The lowest BCUT2D eigenvalue weighted by Gasteiger charge is -2.14. The van der Waals surface area contributed by atoms with Crippen molar-refractivity contribution in [3.63, 3.8) is 0 Å². The highest BCUT2D eigenvalue weighted by Gasteiger charge is 2.37. The number of hydrogen-bond donors (Lipinski definition) is 0. The van der Waals surface area contributed by atoms with Gasteiger partial charge in [0.05, 0.1) is 4.90 Å². The van der Waals surface area contributed by atoms with E-state index in [4.69, 9.17) is 0 Å². The molecular formula is C13H16O4S. The lowest BCUT2D eigenvalue weighted by molar-refractivity contribution is -0.126. The summed E-state index contributed by atoms with van der Waals surface area (Å²) in [5.41, 5.74) is 0. The summed E-state index contributed by atoms with van der Waals surface area (Å²) in [6, 6.07) is 7.60. The SMILES string of the molecule is CCC(=O)C(C(=O)CC)S(=O)(=O)c1ccccc1. The van der Waals surface area contributed by atoms with Crippen LogP contribution < -0.4 is 0 Å². The second-order valence-corrected chi connectivity index (χ2v) is 5.91. The molecule has 0 N–H and O–H groups in total. The Hall–Kier alpha value is -1.49. The van der Waals surface area contributed by atoms with Gasteiger partial charge in [-0.05, 0) is 12.1 Å². The molecule has 0 radical (unpaired) electrons. The number of sulfone groups is 1. The third-order valence-corrected chi connectivity index (χ3v) is 4.74. The van der Waals surface area contributed by atoms with E-state index in [0.717, 1.165) is 0 Å². The highest BCUT2D eigenvalue weighted by Crippen LogP contribution is 2.19. The summed E-state index contributed by atoms with van der Waals surface area (Å²) in [5.74, 6) is -1.10. The van der Waals surface area contributed by atoms with Crippen molar-refractivity contribution in [3.8, 4) is 0 Å². The third kappa shape index (κ3) is 2.85. The molecule has 1 rings (SSSR count). The van der Waals surface area contributed by atoms with Crippen LogP contribution in [0.2, 0.25) is 0 Å². The number of carbonyl (C=O) groups is 2. The van der Waals surface area contributed by atoms with Gasteiger partial charge in [0.1, 0.15) is 0 Å². The van der Waals surface area contributed by atoms with Crippen LogP contribution in [0.3, 0.4) is 0 Å². The fourth-order valence-corrected chi connectivity index (χ4v) is 3.48. The molecule has 0 bridgehead atoms. The zero-order chi connectivity index (χ0) is 13.8. The van der Waals surface area contributed by atoms with Gasteiger partial charge in [0.15, 0.2) is 26.7 Å². The van der Waals surface area contributed by atoms with Gasteiger partial charge in [-0.25, -0.2) is 8.42 Å². The van der Waals surface area contributed by atoms with E-state index >= 15 is 0 Å². The molecule has 0 atom stereocenters. The summed E-state index contributed by atoms with van der Waals surface area (Å²) in [6.45, 7) is 3.11. The Kier molecular flexibility index (Phi) is 4.78. The Morgan fingerprint density at radius 2 is 1.44 bits per heavy atom. The first-order chi connectivity index (χ1) is 8.45. The van der Waals surface area contributed by atoms with Gasteiger partial charge in [0.25, 0.3) is 0 Å². The van der Waals surface area contributed by atoms with Crippen LogP contribution in [-0.2, 0) is 19.4 Å². The molecule has 0 heterocycles. The van der Waals surface area contributed by atoms with Gasteiger partial charge in [0, 0.05) is 12.8 Å². The van der Waals surface area contributed by atoms with Crippen molar-refractivity contribution in [2.24, 2.45) is 0 Å². The van der Waals surface area contributed by atoms with E-state index in [1.165, 1.54) is 12.1 Å². The number of hydrogen-bond acceptors (Lipinski definition) is 4. The van der Waals surface area contributed by atoms with Crippen LogP contribution in [0.15, 0.2) is 35.2 Å². The van der Waals surface area contributed by atoms with Crippen molar-refractivity contribution < 1.29 is 18.0 Å². The molecule has 18 heavy (non-hydrogen) atoms. The summed E-state index contributed by atoms with van der Waals surface area (Å²) < 4.78 is 24.6. The lowest BCUT2D eigenvalue weighted by Crippen LogP contribution is -2.37. The maximum atomic E-state index is 12.3. The minimum Gasteiger partial charge on any atom is -0.298 e. The summed E-state index contributed by atoms with van der Waals surface area (Å²) >= 11 is 0. The Labute approximate surface area is 107 Å². The van der Waals surface area contributed by atoms with Crippen molar-refractivity contribution >= 4 is 21.4 Å². The number of carbonyl (C=O) groups excluding carboxylic acids is 2. The standard InChI is InChI=1S/C13H16O4S/c1-3-11(14)13(12(15)4-2)18(16,17)10-8-6-5-7-9-10/h5-9,13H,3-4H2,1-2H3. The zero-order valence-electron chi connectivity index (χ0n) is 10.4. The molecule has 1 aromatic rings. The molecule has 4 nitrogen and oxygen atoms in total. The molecule has 0 unspecified atom stereocenters. The van der Waals surface area contributed by atoms with Crippen LogP contribution in [0.25, 0.3) is 0 Å². The molecule has 0 saturated heterocycles. The van der Waals surface area contributed by atoms with Gasteiger partial charge < -0.3 is 0 Å². The minimum atomic E-state index is -3.92. The van der Waals surface area contributed by atoms with E-state index in [1.54, 1.807) is 32.0 Å². The normalized spacial score (nSPS) is 11.5. The van der Waals surface area contributed by atoms with Crippen molar-refractivity contribution in [2.75, 3.05) is 0 Å². The molecular weight excluding hydrogens is 252 g/mol. The average molecular weight is 268 g/mol. The first kappa shape index (κ1) is 14.6. The third-order valence-electron chi connectivity index (χ3n) is 2.66. The van der Waals surface area contributed by atoms with Crippen LogP contribution in [0.1, 0.15) is 26.7 Å². The number of rotatable bonds is 6. The molecule has 0 aliphatic heterocycles. The van der Waals surface area contributed by atoms with Crippen molar-refractivity contribution in [1.82, 2.24) is 0 Å². The zero-order valence-corrected chi connectivity index (χ0v) is 11.2. The highest BCUT2D eigenvalue weighted by atomic mass is 32.2. The van der Waals surface area contributed by atoms with Crippen molar-refractivity contribution in [2.45, 2.75) is 36.8 Å². The Bertz CT molecular complexity index is 515. The monoisotopic (exact) mass is 268 g/mol. The smallest absolute Gasteiger partial charge is 0.195 e. The van der Waals surface area contributed by atoms with E-state index in [2.05, 4.69) is 0 Å². The predicted octanol–water partition coefficient (Wildman–Crippen LogP) is 1.79. The topological polar surface area (TPSA) is 68.3 Å². The fourth-order valence-electron chi connectivity index (χ4n) is 1.64. The summed E-state index contributed by atoms with van der Waals surface area (Å²) in [4.78, 5) is 23.5. The molecule has 0 amide bonds. The van der Waals surface area contributed by atoms with Crippen LogP contribution in [0.5, 0.6) is 0 Å². The van der Waals surface area contributed by atoms with E-state index in [-0.39, 0.29) is 17.7 Å². The predicted molar refractivity (Wildman–Crippen MR) is 68.0 cm³/mol. The van der Waals surface area contributed by atoms with Crippen LogP contribution in [0, 0.1) is 0 Å². The molecule has 0 saturated carbocycles. The molecule has 0 aromatic heterocycles. The molecule has 98 valence electrons. The van der Waals surface area contributed by atoms with Crippen LogP contribution in [-0.4, -0.2) is 25.2 Å². The fraction of sp³-hybridized carbons (Fsp3) is 0.385. The number of benzene rings is 1. The van der Waals surface area contributed by atoms with Crippen LogP contribution in [0.4, 0.5) is 0 Å². The van der Waals surface area contributed by atoms with Gasteiger partial charge in [0.2, 0.25) is 0 Å². The molecule has 0 aliphatic carbocycles. The lowest BCUT2D eigenvalue weighted by atomic mass is 10.1. The highest BCUT2D eigenvalue weighted by molar-refractivity contribution is 7.93. The van der Waals surface area contributed by atoms with Gasteiger partial charge in [-0.2, -0.15) is 0 Å². The van der Waals surface area contributed by atoms with Gasteiger partial charge in [-0.3, -0.25) is 9.59 Å². The Morgan fingerprint density at radius 1 is 1.00 bits per heavy atom. The van der Waals surface area contributed by atoms with E-state index in [9.17, 15) is 18.0 Å². The van der Waals surface area contributed by atoms with E-state index in [1.807, 2.05) is 0 Å². The second-order valence-electron chi connectivity index (χ2n) is 3.88. The summed E-state index contributed by atoms with van der Waals surface area (Å²) in [7, 11) is -3.92. The van der Waals surface area contributed by atoms with Crippen molar-refractivity contribution in [1.29, 1.82) is 0 Å². The summed E-state index contributed by atoms with van der Waals surface area (Å²) in [5, 5.41) is -1.56. The molecule has 1 aromatic carbocycles. The molecule has 0 aliphatic rings. The Balaban J connectivity index is 3.29.